The lowest BCUT2D eigenvalue weighted by atomic mass is 9.82. The summed E-state index contributed by atoms with van der Waals surface area (Å²) >= 11 is 0. The van der Waals surface area contributed by atoms with Crippen LogP contribution < -0.4 is 30.5 Å². The molecular weight excluding hydrogens is 1200 g/mol. The van der Waals surface area contributed by atoms with Crippen LogP contribution in [0.4, 0.5) is 42.9 Å². The van der Waals surface area contributed by atoms with E-state index in [1.807, 2.05) is 24.3 Å². The van der Waals surface area contributed by atoms with E-state index in [2.05, 4.69) is 326 Å². The van der Waals surface area contributed by atoms with Gasteiger partial charge in [0.1, 0.15) is 11.6 Å². The summed E-state index contributed by atoms with van der Waals surface area (Å²) in [6.45, 7) is 9.54. The van der Waals surface area contributed by atoms with E-state index >= 15 is 0 Å². The van der Waals surface area contributed by atoms with Crippen molar-refractivity contribution in [2.45, 2.75) is 38.5 Å². The van der Waals surface area contributed by atoms with Gasteiger partial charge in [-0.25, -0.2) is 8.78 Å². The first kappa shape index (κ1) is 58.0. The fourth-order valence-corrected chi connectivity index (χ4v) is 21.3. The van der Waals surface area contributed by atoms with E-state index in [0.717, 1.165) is 78.3 Å². The molecule has 2 aromatic heterocycles. The van der Waals surface area contributed by atoms with Crippen molar-refractivity contribution in [1.29, 1.82) is 0 Å². The second-order valence-corrected chi connectivity index (χ2v) is 30.9. The minimum absolute atomic E-state index is 0.276. The maximum atomic E-state index is 14.9. The molecular formula is C90H66F2N4Si. The van der Waals surface area contributed by atoms with Gasteiger partial charge in [0, 0.05) is 77.9 Å². The third-order valence-corrected chi connectivity index (χ3v) is 25.9. The van der Waals surface area contributed by atoms with E-state index in [1.54, 1.807) is 24.3 Å². The van der Waals surface area contributed by atoms with Crippen LogP contribution in [0.15, 0.2) is 328 Å². The molecule has 0 amide bonds. The van der Waals surface area contributed by atoms with Crippen LogP contribution in [-0.4, -0.2) is 17.2 Å². The first-order chi connectivity index (χ1) is 47.4. The molecule has 14 aromatic carbocycles. The maximum absolute atomic E-state index is 14.9. The lowest BCUT2D eigenvalue weighted by Gasteiger charge is -2.36. The second-order valence-electron chi connectivity index (χ2n) is 27.1. The van der Waals surface area contributed by atoms with Gasteiger partial charge in [0.25, 0.3) is 0 Å². The summed E-state index contributed by atoms with van der Waals surface area (Å²) in [5.74, 6) is -0.553. The topological polar surface area (TPSA) is 16.3 Å². The van der Waals surface area contributed by atoms with Gasteiger partial charge in [-0.2, -0.15) is 0 Å². The summed E-state index contributed by atoms with van der Waals surface area (Å²) in [7, 11) is -3.17. The van der Waals surface area contributed by atoms with Gasteiger partial charge >= 0.3 is 0 Å². The number of rotatable bonds is 12. The SMILES string of the molecule is CC1(C)c2cc(N(c3ccc(F)cc3)c3ccc4c(c3)c3ccccc3n4-c3ccccc3)ccc2-c2ccc([Si](c3ccccc3)(c3ccccc3)c3ccc4c(c3)C(C)(C)c3cc(N(c5ccc(F)cc5)c5ccc6c(c5)c5ccccc5n6-c5ccccc5)ccc3-4)cc21. The first-order valence-corrected chi connectivity index (χ1v) is 35.4. The second kappa shape index (κ2) is 22.2. The van der Waals surface area contributed by atoms with Gasteiger partial charge < -0.3 is 18.9 Å². The molecule has 0 spiro atoms. The molecule has 18 rings (SSSR count). The predicted octanol–water partition coefficient (Wildman–Crippen LogP) is 21.1. The molecule has 0 fully saturated rings. The zero-order valence-corrected chi connectivity index (χ0v) is 55.2. The monoisotopic (exact) mass is 1270 g/mol. The van der Waals surface area contributed by atoms with Gasteiger partial charge in [-0.3, -0.25) is 0 Å². The Balaban J connectivity index is 0.752. The molecule has 0 saturated heterocycles. The Bertz CT molecular complexity index is 5420. The number of fused-ring (bicyclic) bond motifs is 12. The molecule has 0 atom stereocenters. The summed E-state index contributed by atoms with van der Waals surface area (Å²) in [5.41, 5.74) is 21.5. The van der Waals surface area contributed by atoms with Crippen molar-refractivity contribution in [2.75, 3.05) is 9.80 Å². The highest BCUT2D eigenvalue weighted by Crippen LogP contribution is 2.53. The van der Waals surface area contributed by atoms with Crippen molar-refractivity contribution in [1.82, 2.24) is 9.13 Å². The summed E-state index contributed by atoms with van der Waals surface area (Å²) in [5, 5.41) is 9.86. The predicted molar refractivity (Wildman–Crippen MR) is 403 cm³/mol. The van der Waals surface area contributed by atoms with Crippen LogP contribution in [0, 0.1) is 11.6 Å². The number of hydrogen-bond acceptors (Lipinski definition) is 2. The molecule has 0 saturated carbocycles. The average Bonchev–Trinajstić information content (AvgIpc) is 1.57. The molecule has 0 unspecified atom stereocenters. The number of anilines is 6. The lowest BCUT2D eigenvalue weighted by molar-refractivity contribution is 0.627. The number of hydrogen-bond donors (Lipinski definition) is 0. The largest absolute Gasteiger partial charge is 0.310 e. The maximum Gasteiger partial charge on any atom is 0.179 e. The van der Waals surface area contributed by atoms with Gasteiger partial charge in [-0.05, 0) is 211 Å². The standard InChI is InChI=1S/C90H66F2N4Si/c1-89(2)81-55-67(93(63-37-33-59(91)34-38-63)65-43-51-87-79(53-65)77-29-17-19-31-85(77)95(87)61-21-9-5-10-22-61)41-47-73(81)75-49-45-71(57-83(75)89)97(69-25-13-7-14-26-69,70-27-15-8-16-28-70)72-46-50-76-74-48-42-68(56-82(74)90(3,4)84(76)58-72)94(64-39-35-60(92)36-40-64)66-44-52-88-80(54-66)78-30-18-20-32-86(78)96(88)62-23-11-6-12-24-62/h5-58H,1-4H3. The van der Waals surface area contributed by atoms with E-state index in [9.17, 15) is 8.78 Å². The minimum Gasteiger partial charge on any atom is -0.310 e. The van der Waals surface area contributed by atoms with Crippen molar-refractivity contribution in [3.8, 4) is 33.6 Å². The minimum atomic E-state index is -3.17. The molecule has 7 heteroatoms. The lowest BCUT2D eigenvalue weighted by Crippen LogP contribution is -2.75. The van der Waals surface area contributed by atoms with Gasteiger partial charge in [0.05, 0.1) is 22.1 Å². The number of para-hydroxylation sites is 4. The zero-order valence-electron chi connectivity index (χ0n) is 54.2. The van der Waals surface area contributed by atoms with Gasteiger partial charge in [-0.15, -0.1) is 0 Å². The Labute approximate surface area is 564 Å². The third-order valence-electron chi connectivity index (χ3n) is 21.1. The molecule has 2 aliphatic rings. The molecule has 2 heterocycles. The number of nitrogens with zero attached hydrogens (tertiary/aromatic N) is 4. The molecule has 0 bridgehead atoms. The summed E-state index contributed by atoms with van der Waals surface area (Å²) in [6, 6.07) is 117. The van der Waals surface area contributed by atoms with E-state index in [1.165, 1.54) is 76.0 Å². The van der Waals surface area contributed by atoms with Gasteiger partial charge in [-0.1, -0.05) is 210 Å². The fourth-order valence-electron chi connectivity index (χ4n) is 16.6. The van der Waals surface area contributed by atoms with Crippen molar-refractivity contribution < 1.29 is 8.78 Å². The molecule has 16 aromatic rings. The summed E-state index contributed by atoms with van der Waals surface area (Å²) < 4.78 is 34.6. The van der Waals surface area contributed by atoms with Crippen molar-refractivity contribution in [2.24, 2.45) is 0 Å². The molecule has 0 radical (unpaired) electrons. The highest BCUT2D eigenvalue weighted by molar-refractivity contribution is 7.20. The molecule has 0 N–H and O–H groups in total. The fraction of sp³-hybridized carbons (Fsp3) is 0.0667. The average molecular weight is 1270 g/mol. The van der Waals surface area contributed by atoms with E-state index < -0.39 is 18.9 Å². The molecule has 2 aliphatic carbocycles. The van der Waals surface area contributed by atoms with Crippen molar-refractivity contribution in [3.05, 3.63) is 361 Å². The van der Waals surface area contributed by atoms with Crippen LogP contribution in [-0.2, 0) is 10.8 Å². The van der Waals surface area contributed by atoms with E-state index in [0.29, 0.717) is 0 Å². The number of aromatic nitrogens is 2. The smallest absolute Gasteiger partial charge is 0.179 e. The van der Waals surface area contributed by atoms with Crippen LogP contribution >= 0.6 is 0 Å². The van der Waals surface area contributed by atoms with Crippen LogP contribution in [0.2, 0.25) is 0 Å². The van der Waals surface area contributed by atoms with Gasteiger partial charge in [0.2, 0.25) is 0 Å². The molecule has 97 heavy (non-hydrogen) atoms. The van der Waals surface area contributed by atoms with Crippen LogP contribution in [0.3, 0.4) is 0 Å². The molecule has 4 nitrogen and oxygen atoms in total. The van der Waals surface area contributed by atoms with Crippen molar-refractivity contribution in [3.63, 3.8) is 0 Å². The normalized spacial score (nSPS) is 13.4. The Morgan fingerprint density at radius 1 is 0.258 bits per heavy atom. The van der Waals surface area contributed by atoms with E-state index in [-0.39, 0.29) is 11.6 Å². The summed E-state index contributed by atoms with van der Waals surface area (Å²) in [4.78, 5) is 4.56. The molecule has 0 aliphatic heterocycles. The highest BCUT2D eigenvalue weighted by Gasteiger charge is 2.46. The Hall–Kier alpha value is -11.6. The Morgan fingerprint density at radius 2 is 0.557 bits per heavy atom. The van der Waals surface area contributed by atoms with Crippen LogP contribution in [0.1, 0.15) is 49.9 Å². The first-order valence-electron chi connectivity index (χ1n) is 33.4. The Morgan fingerprint density at radius 3 is 0.948 bits per heavy atom. The van der Waals surface area contributed by atoms with Gasteiger partial charge in [0.15, 0.2) is 8.07 Å². The quantitative estimate of drug-likeness (QED) is 0.0895. The number of benzene rings is 14. The van der Waals surface area contributed by atoms with Crippen LogP contribution in [0.5, 0.6) is 0 Å². The van der Waals surface area contributed by atoms with E-state index in [4.69, 9.17) is 0 Å². The zero-order chi connectivity index (χ0) is 65.3. The van der Waals surface area contributed by atoms with Crippen LogP contribution in [0.25, 0.3) is 77.2 Å². The third kappa shape index (κ3) is 8.98. The summed E-state index contributed by atoms with van der Waals surface area (Å²) in [6.07, 6.45) is 0. The molecule has 464 valence electrons. The number of halogens is 2. The Kier molecular flexibility index (Phi) is 13.3. The highest BCUT2D eigenvalue weighted by atomic mass is 28.3. The van der Waals surface area contributed by atoms with Crippen molar-refractivity contribution >= 4 is 107 Å².